The van der Waals surface area contributed by atoms with Gasteiger partial charge in [-0.25, -0.2) is 4.98 Å². The van der Waals surface area contributed by atoms with E-state index in [-0.39, 0.29) is 0 Å². The lowest BCUT2D eigenvalue weighted by atomic mass is 10.2. The second-order valence-corrected chi connectivity index (χ2v) is 6.34. The van der Waals surface area contributed by atoms with Gasteiger partial charge in [0.2, 0.25) is 0 Å². The molecule has 0 bridgehead atoms. The molecule has 0 aliphatic rings. The maximum Gasteiger partial charge on any atom is 0.138 e. The van der Waals surface area contributed by atoms with Crippen molar-refractivity contribution < 1.29 is 0 Å². The van der Waals surface area contributed by atoms with Crippen molar-refractivity contribution in [3.8, 4) is 0 Å². The van der Waals surface area contributed by atoms with Crippen molar-refractivity contribution in [2.75, 3.05) is 12.3 Å². The van der Waals surface area contributed by atoms with Crippen LogP contribution in [0.2, 0.25) is 0 Å². The molecule has 0 radical (unpaired) electrons. The number of hydrogen-bond donors (Lipinski definition) is 1. The molecule has 18 heavy (non-hydrogen) atoms. The van der Waals surface area contributed by atoms with Crippen LogP contribution in [0.25, 0.3) is 0 Å². The zero-order chi connectivity index (χ0) is 13.4. The lowest BCUT2D eigenvalue weighted by Gasteiger charge is -2.19. The fourth-order valence-electron chi connectivity index (χ4n) is 1.78. The predicted octanol–water partition coefficient (Wildman–Crippen LogP) is 2.35. The lowest BCUT2D eigenvalue weighted by molar-refractivity contribution is 0.513. The van der Waals surface area contributed by atoms with Gasteiger partial charge in [-0.2, -0.15) is 16.9 Å². The molecular weight excluding hydrogens is 244 g/mol. The summed E-state index contributed by atoms with van der Waals surface area (Å²) in [7, 11) is 0. The Kier molecular flexibility index (Phi) is 7.35. The standard InChI is InChI=1S/C13H26N4S/c1-5-7-14-12(9-18-11(3)4)8-13-15-10-16-17(13)6-2/h10-12,14H,5-9H2,1-4H3. The van der Waals surface area contributed by atoms with Gasteiger partial charge in [0.25, 0.3) is 0 Å². The molecule has 0 fully saturated rings. The number of hydrogen-bond acceptors (Lipinski definition) is 4. The summed E-state index contributed by atoms with van der Waals surface area (Å²) in [5.41, 5.74) is 0. The van der Waals surface area contributed by atoms with E-state index >= 15 is 0 Å². The molecule has 1 unspecified atom stereocenters. The molecule has 1 aromatic rings. The van der Waals surface area contributed by atoms with E-state index in [1.807, 2.05) is 16.4 Å². The average molecular weight is 270 g/mol. The van der Waals surface area contributed by atoms with Crippen LogP contribution in [0.1, 0.15) is 39.9 Å². The normalized spacial score (nSPS) is 13.2. The third kappa shape index (κ3) is 5.40. The van der Waals surface area contributed by atoms with E-state index < -0.39 is 0 Å². The van der Waals surface area contributed by atoms with Gasteiger partial charge in [-0.15, -0.1) is 0 Å². The number of thioether (sulfide) groups is 1. The molecule has 0 aliphatic carbocycles. The molecule has 0 saturated heterocycles. The molecule has 0 aliphatic heterocycles. The Morgan fingerprint density at radius 2 is 2.17 bits per heavy atom. The van der Waals surface area contributed by atoms with Gasteiger partial charge in [-0.3, -0.25) is 4.68 Å². The smallest absolute Gasteiger partial charge is 0.138 e. The van der Waals surface area contributed by atoms with Gasteiger partial charge >= 0.3 is 0 Å². The first kappa shape index (κ1) is 15.5. The van der Waals surface area contributed by atoms with Gasteiger partial charge < -0.3 is 5.32 Å². The summed E-state index contributed by atoms with van der Waals surface area (Å²) >= 11 is 2.01. The Morgan fingerprint density at radius 3 is 2.78 bits per heavy atom. The van der Waals surface area contributed by atoms with Gasteiger partial charge in [0.05, 0.1) is 0 Å². The molecule has 0 spiro atoms. The highest BCUT2D eigenvalue weighted by Crippen LogP contribution is 2.13. The van der Waals surface area contributed by atoms with Crippen molar-refractivity contribution in [2.24, 2.45) is 0 Å². The molecule has 0 saturated carbocycles. The van der Waals surface area contributed by atoms with E-state index in [1.165, 1.54) is 6.42 Å². The van der Waals surface area contributed by atoms with E-state index in [0.717, 1.165) is 31.1 Å². The highest BCUT2D eigenvalue weighted by molar-refractivity contribution is 7.99. The maximum atomic E-state index is 4.36. The van der Waals surface area contributed by atoms with Crippen LogP contribution in [0.4, 0.5) is 0 Å². The molecule has 1 heterocycles. The van der Waals surface area contributed by atoms with Crippen molar-refractivity contribution in [2.45, 2.75) is 58.4 Å². The van der Waals surface area contributed by atoms with Crippen LogP contribution in [0, 0.1) is 0 Å². The van der Waals surface area contributed by atoms with E-state index in [4.69, 9.17) is 0 Å². The van der Waals surface area contributed by atoms with Gasteiger partial charge in [-0.05, 0) is 25.1 Å². The average Bonchev–Trinajstić information content (AvgIpc) is 2.79. The van der Waals surface area contributed by atoms with E-state index in [0.29, 0.717) is 11.3 Å². The minimum Gasteiger partial charge on any atom is -0.313 e. The number of nitrogens with zero attached hydrogens (tertiary/aromatic N) is 3. The molecule has 1 N–H and O–H groups in total. The van der Waals surface area contributed by atoms with Crippen molar-refractivity contribution in [1.82, 2.24) is 20.1 Å². The first-order chi connectivity index (χ1) is 8.67. The Morgan fingerprint density at radius 1 is 1.39 bits per heavy atom. The summed E-state index contributed by atoms with van der Waals surface area (Å²) in [5.74, 6) is 2.23. The Hall–Kier alpha value is -0.550. The molecule has 4 nitrogen and oxygen atoms in total. The molecule has 1 rings (SSSR count). The first-order valence-electron chi connectivity index (χ1n) is 6.89. The van der Waals surface area contributed by atoms with Crippen LogP contribution < -0.4 is 5.32 Å². The molecule has 1 atom stereocenters. The topological polar surface area (TPSA) is 42.7 Å². The second-order valence-electron chi connectivity index (χ2n) is 4.73. The zero-order valence-electron chi connectivity index (χ0n) is 12.0. The van der Waals surface area contributed by atoms with E-state index in [1.54, 1.807) is 6.33 Å². The predicted molar refractivity (Wildman–Crippen MR) is 79.1 cm³/mol. The number of nitrogens with one attached hydrogen (secondary N) is 1. The molecule has 5 heteroatoms. The van der Waals surface area contributed by atoms with Gasteiger partial charge in [0.15, 0.2) is 0 Å². The highest BCUT2D eigenvalue weighted by atomic mass is 32.2. The maximum absolute atomic E-state index is 4.36. The van der Waals surface area contributed by atoms with E-state index in [9.17, 15) is 0 Å². The Labute approximate surface area is 115 Å². The third-order valence-electron chi connectivity index (χ3n) is 2.74. The molecule has 0 amide bonds. The van der Waals surface area contributed by atoms with Crippen molar-refractivity contribution in [3.63, 3.8) is 0 Å². The molecular formula is C13H26N4S. The third-order valence-corrected chi connectivity index (χ3v) is 4.00. The van der Waals surface area contributed by atoms with Crippen molar-refractivity contribution >= 4 is 11.8 Å². The quantitative estimate of drug-likeness (QED) is 0.748. The fourth-order valence-corrected chi connectivity index (χ4v) is 2.63. The van der Waals surface area contributed by atoms with Gasteiger partial charge in [0, 0.05) is 24.8 Å². The number of rotatable bonds is 9. The van der Waals surface area contributed by atoms with Crippen LogP contribution in [0.5, 0.6) is 0 Å². The van der Waals surface area contributed by atoms with Crippen LogP contribution in [0.15, 0.2) is 6.33 Å². The minimum absolute atomic E-state index is 0.492. The first-order valence-corrected chi connectivity index (χ1v) is 7.93. The van der Waals surface area contributed by atoms with E-state index in [2.05, 4.69) is 43.1 Å². The summed E-state index contributed by atoms with van der Waals surface area (Å²) in [6.07, 6.45) is 3.79. The zero-order valence-corrected chi connectivity index (χ0v) is 12.8. The fraction of sp³-hybridized carbons (Fsp3) is 0.846. The Balaban J connectivity index is 2.53. The largest absolute Gasteiger partial charge is 0.313 e. The van der Waals surface area contributed by atoms with Crippen LogP contribution in [0.3, 0.4) is 0 Å². The summed E-state index contributed by atoms with van der Waals surface area (Å²) in [4.78, 5) is 4.36. The Bertz CT molecular complexity index is 325. The summed E-state index contributed by atoms with van der Waals surface area (Å²) in [6.45, 7) is 10.8. The minimum atomic E-state index is 0.492. The van der Waals surface area contributed by atoms with Crippen LogP contribution in [-0.2, 0) is 13.0 Å². The number of aryl methyl sites for hydroxylation is 1. The van der Waals surface area contributed by atoms with Gasteiger partial charge in [-0.1, -0.05) is 20.8 Å². The number of aromatic nitrogens is 3. The van der Waals surface area contributed by atoms with Crippen molar-refractivity contribution in [3.05, 3.63) is 12.2 Å². The summed E-state index contributed by atoms with van der Waals surface area (Å²) in [5, 5.41) is 8.53. The molecule has 104 valence electrons. The lowest BCUT2D eigenvalue weighted by Crippen LogP contribution is -2.35. The summed E-state index contributed by atoms with van der Waals surface area (Å²) < 4.78 is 1.99. The highest BCUT2D eigenvalue weighted by Gasteiger charge is 2.13. The van der Waals surface area contributed by atoms with Crippen LogP contribution >= 0.6 is 11.8 Å². The van der Waals surface area contributed by atoms with Crippen LogP contribution in [-0.4, -0.2) is 38.4 Å². The monoisotopic (exact) mass is 270 g/mol. The summed E-state index contributed by atoms with van der Waals surface area (Å²) in [6, 6.07) is 0.492. The second kappa shape index (κ2) is 8.53. The molecule has 0 aromatic carbocycles. The SMILES string of the molecule is CCCNC(CSC(C)C)Cc1ncnn1CC. The van der Waals surface area contributed by atoms with Crippen molar-refractivity contribution in [1.29, 1.82) is 0 Å². The molecule has 1 aromatic heterocycles. The van der Waals surface area contributed by atoms with Gasteiger partial charge in [0.1, 0.15) is 12.2 Å².